The maximum absolute atomic E-state index is 5.93. The maximum Gasteiger partial charge on any atom is 0.0732 e. The van der Waals surface area contributed by atoms with Crippen LogP contribution in [0.3, 0.4) is 0 Å². The van der Waals surface area contributed by atoms with Crippen LogP contribution in [0.5, 0.6) is 0 Å². The molecular formula is C10H7BrClN. The zero-order valence-corrected chi connectivity index (χ0v) is 9.35. The third-order valence-corrected chi connectivity index (χ3v) is 2.56. The van der Waals surface area contributed by atoms with Gasteiger partial charge in [-0.15, -0.1) is 0 Å². The number of halogens is 2. The molecule has 0 saturated carbocycles. The second-order valence-electron chi connectivity index (χ2n) is 2.95. The number of fused-ring (bicyclic) bond motifs is 1. The van der Waals surface area contributed by atoms with E-state index >= 15 is 0 Å². The Hall–Kier alpha value is -0.600. The lowest BCUT2D eigenvalue weighted by atomic mass is 10.1. The summed E-state index contributed by atoms with van der Waals surface area (Å²) in [5.74, 6) is 0. The highest BCUT2D eigenvalue weighted by molar-refractivity contribution is 9.10. The molecule has 0 bridgehead atoms. The van der Waals surface area contributed by atoms with Crippen molar-refractivity contribution in [3.8, 4) is 0 Å². The number of hydrogen-bond acceptors (Lipinski definition) is 1. The predicted octanol–water partition coefficient (Wildman–Crippen LogP) is 3.96. The van der Waals surface area contributed by atoms with Crippen molar-refractivity contribution in [3.63, 3.8) is 0 Å². The largest absolute Gasteiger partial charge is 0.255 e. The van der Waals surface area contributed by atoms with Crippen LogP contribution in [0.25, 0.3) is 10.9 Å². The second kappa shape index (κ2) is 3.28. The Balaban J connectivity index is 2.86. The Kier molecular flexibility index (Phi) is 2.26. The Morgan fingerprint density at radius 1 is 1.31 bits per heavy atom. The molecule has 0 aliphatic heterocycles. The van der Waals surface area contributed by atoms with E-state index in [9.17, 15) is 0 Å². The van der Waals surface area contributed by atoms with Gasteiger partial charge in [0.15, 0.2) is 0 Å². The summed E-state index contributed by atoms with van der Waals surface area (Å²) in [6.45, 7) is 2.01. The van der Waals surface area contributed by atoms with Crippen molar-refractivity contribution >= 4 is 38.4 Å². The molecule has 1 aromatic carbocycles. The van der Waals surface area contributed by atoms with Crippen LogP contribution in [0.15, 0.2) is 28.9 Å². The number of aromatic nitrogens is 1. The first-order valence-electron chi connectivity index (χ1n) is 3.88. The highest BCUT2D eigenvalue weighted by Crippen LogP contribution is 2.24. The number of rotatable bonds is 0. The SMILES string of the molecule is Cc1cc(Cl)cc2cc(Br)cnc12. The molecule has 1 nitrogen and oxygen atoms in total. The zero-order chi connectivity index (χ0) is 9.42. The Bertz CT molecular complexity index is 462. The molecule has 0 aliphatic rings. The van der Waals surface area contributed by atoms with Crippen LogP contribution in [0.1, 0.15) is 5.56 Å². The van der Waals surface area contributed by atoms with Crippen molar-refractivity contribution in [2.75, 3.05) is 0 Å². The lowest BCUT2D eigenvalue weighted by molar-refractivity contribution is 1.35. The molecule has 66 valence electrons. The van der Waals surface area contributed by atoms with Gasteiger partial charge in [-0.2, -0.15) is 0 Å². The van der Waals surface area contributed by atoms with E-state index in [-0.39, 0.29) is 0 Å². The Labute approximate surface area is 89.9 Å². The predicted molar refractivity (Wildman–Crippen MR) is 59.2 cm³/mol. The van der Waals surface area contributed by atoms with Crippen LogP contribution >= 0.6 is 27.5 Å². The standard InChI is InChI=1S/C10H7BrClN/c1-6-2-9(12)4-7-3-8(11)5-13-10(6)7/h2-5H,1H3. The third kappa shape index (κ3) is 1.69. The number of hydrogen-bond donors (Lipinski definition) is 0. The number of pyridine rings is 1. The molecule has 0 spiro atoms. The normalized spacial score (nSPS) is 10.7. The average molecular weight is 257 g/mol. The monoisotopic (exact) mass is 255 g/mol. The molecule has 3 heteroatoms. The fourth-order valence-electron chi connectivity index (χ4n) is 1.36. The van der Waals surface area contributed by atoms with Gasteiger partial charge in [-0.25, -0.2) is 0 Å². The topological polar surface area (TPSA) is 12.9 Å². The second-order valence-corrected chi connectivity index (χ2v) is 4.30. The molecule has 1 aromatic heterocycles. The summed E-state index contributed by atoms with van der Waals surface area (Å²) in [6, 6.07) is 5.85. The fourth-order valence-corrected chi connectivity index (χ4v) is 1.99. The van der Waals surface area contributed by atoms with Crippen molar-refractivity contribution in [1.82, 2.24) is 4.98 Å². The molecule has 0 unspecified atom stereocenters. The maximum atomic E-state index is 5.93. The first kappa shape index (κ1) is 8.97. The summed E-state index contributed by atoms with van der Waals surface area (Å²) in [6.07, 6.45) is 1.79. The van der Waals surface area contributed by atoms with E-state index < -0.39 is 0 Å². The molecular weight excluding hydrogens is 249 g/mol. The van der Waals surface area contributed by atoms with Gasteiger partial charge in [0.05, 0.1) is 5.52 Å². The van der Waals surface area contributed by atoms with E-state index in [4.69, 9.17) is 11.6 Å². The first-order valence-corrected chi connectivity index (χ1v) is 5.05. The van der Waals surface area contributed by atoms with Crippen molar-refractivity contribution in [2.45, 2.75) is 6.92 Å². The summed E-state index contributed by atoms with van der Waals surface area (Å²) in [7, 11) is 0. The van der Waals surface area contributed by atoms with Crippen LogP contribution in [0, 0.1) is 6.92 Å². The number of nitrogens with zero attached hydrogens (tertiary/aromatic N) is 1. The van der Waals surface area contributed by atoms with Crippen molar-refractivity contribution in [3.05, 3.63) is 39.5 Å². The highest BCUT2D eigenvalue weighted by Gasteiger charge is 2.00. The van der Waals surface area contributed by atoms with Gasteiger partial charge in [0.1, 0.15) is 0 Å². The average Bonchev–Trinajstić information content (AvgIpc) is 2.02. The molecule has 0 saturated heterocycles. The van der Waals surface area contributed by atoms with E-state index in [1.165, 1.54) is 0 Å². The fraction of sp³-hybridized carbons (Fsp3) is 0.100. The van der Waals surface area contributed by atoms with Gasteiger partial charge in [-0.05, 0) is 46.6 Å². The molecule has 0 aliphatic carbocycles. The number of aryl methyl sites for hydroxylation is 1. The van der Waals surface area contributed by atoms with Gasteiger partial charge in [-0.3, -0.25) is 4.98 Å². The first-order chi connectivity index (χ1) is 6.16. The molecule has 0 amide bonds. The van der Waals surface area contributed by atoms with Gasteiger partial charge >= 0.3 is 0 Å². The molecule has 0 N–H and O–H groups in total. The van der Waals surface area contributed by atoms with E-state index in [0.717, 1.165) is 26.0 Å². The Morgan fingerprint density at radius 3 is 2.85 bits per heavy atom. The number of benzene rings is 1. The summed E-state index contributed by atoms with van der Waals surface area (Å²) >= 11 is 9.31. The van der Waals surface area contributed by atoms with E-state index in [2.05, 4.69) is 20.9 Å². The van der Waals surface area contributed by atoms with Crippen LogP contribution < -0.4 is 0 Å². The smallest absolute Gasteiger partial charge is 0.0732 e. The summed E-state index contributed by atoms with van der Waals surface area (Å²) < 4.78 is 0.974. The third-order valence-electron chi connectivity index (χ3n) is 1.91. The molecule has 0 fully saturated rings. The van der Waals surface area contributed by atoms with Gasteiger partial charge in [0.2, 0.25) is 0 Å². The van der Waals surface area contributed by atoms with Crippen LogP contribution in [-0.4, -0.2) is 4.98 Å². The zero-order valence-electron chi connectivity index (χ0n) is 7.01. The van der Waals surface area contributed by atoms with Gasteiger partial charge in [-0.1, -0.05) is 11.6 Å². The molecule has 13 heavy (non-hydrogen) atoms. The van der Waals surface area contributed by atoms with Crippen LogP contribution in [-0.2, 0) is 0 Å². The van der Waals surface area contributed by atoms with Gasteiger partial charge < -0.3 is 0 Å². The minimum atomic E-state index is 0.755. The van der Waals surface area contributed by atoms with E-state index in [1.54, 1.807) is 6.20 Å². The molecule has 0 atom stereocenters. The molecule has 2 aromatic rings. The lowest BCUT2D eigenvalue weighted by Crippen LogP contribution is -1.83. The molecule has 0 radical (unpaired) electrons. The summed E-state index contributed by atoms with van der Waals surface area (Å²) in [5.41, 5.74) is 2.11. The van der Waals surface area contributed by atoms with Gasteiger partial charge in [0, 0.05) is 21.1 Å². The van der Waals surface area contributed by atoms with E-state index in [0.29, 0.717) is 0 Å². The molecule has 2 rings (SSSR count). The summed E-state index contributed by atoms with van der Waals surface area (Å²) in [4.78, 5) is 4.32. The van der Waals surface area contributed by atoms with Crippen molar-refractivity contribution in [1.29, 1.82) is 0 Å². The quantitative estimate of drug-likeness (QED) is 0.695. The minimum absolute atomic E-state index is 0.755. The Morgan fingerprint density at radius 2 is 2.08 bits per heavy atom. The lowest BCUT2D eigenvalue weighted by Gasteiger charge is -2.02. The van der Waals surface area contributed by atoms with Gasteiger partial charge in [0.25, 0.3) is 0 Å². The molecule has 1 heterocycles. The van der Waals surface area contributed by atoms with Crippen LogP contribution in [0.4, 0.5) is 0 Å². The highest BCUT2D eigenvalue weighted by atomic mass is 79.9. The van der Waals surface area contributed by atoms with Crippen molar-refractivity contribution < 1.29 is 0 Å². The van der Waals surface area contributed by atoms with Crippen molar-refractivity contribution in [2.24, 2.45) is 0 Å². The summed E-state index contributed by atoms with van der Waals surface area (Å²) in [5, 5.41) is 1.82. The van der Waals surface area contributed by atoms with E-state index in [1.807, 2.05) is 25.1 Å². The minimum Gasteiger partial charge on any atom is -0.255 e. The van der Waals surface area contributed by atoms with Crippen LogP contribution in [0.2, 0.25) is 5.02 Å².